The number of hydrazine groups is 1. The summed E-state index contributed by atoms with van der Waals surface area (Å²) in [7, 11) is 1.55. The monoisotopic (exact) mass is 371 g/mol. The zero-order valence-electron chi connectivity index (χ0n) is 13.1. The fourth-order valence-corrected chi connectivity index (χ4v) is 3.26. The van der Waals surface area contributed by atoms with Crippen LogP contribution in [0.3, 0.4) is 0 Å². The van der Waals surface area contributed by atoms with Gasteiger partial charge in [0.25, 0.3) is 11.8 Å². The maximum absolute atomic E-state index is 12.5. The number of aromatic nitrogens is 1. The summed E-state index contributed by atoms with van der Waals surface area (Å²) in [4.78, 5) is 29.2. The first-order chi connectivity index (χ1) is 12.1. The quantitative estimate of drug-likeness (QED) is 0.658. The summed E-state index contributed by atoms with van der Waals surface area (Å²) in [6.45, 7) is 0. The number of hydrogen-bond acceptors (Lipinski definition) is 6. The van der Waals surface area contributed by atoms with Crippen LogP contribution in [0, 0.1) is 0 Å². The minimum absolute atomic E-state index is 0.271. The Balaban J connectivity index is 1.74. The highest BCUT2D eigenvalue weighted by Gasteiger charge is 2.33. The van der Waals surface area contributed by atoms with Crippen molar-refractivity contribution in [2.24, 2.45) is 0 Å². The Morgan fingerprint density at radius 2 is 1.92 bits per heavy atom. The maximum Gasteiger partial charge on any atom is 0.285 e. The van der Waals surface area contributed by atoms with Crippen molar-refractivity contribution >= 4 is 46.2 Å². The van der Waals surface area contributed by atoms with Gasteiger partial charge in [-0.05, 0) is 60.3 Å². The van der Waals surface area contributed by atoms with Gasteiger partial charge in [-0.15, -0.1) is 0 Å². The van der Waals surface area contributed by atoms with Gasteiger partial charge in [0, 0.05) is 18.0 Å². The van der Waals surface area contributed by atoms with Gasteiger partial charge in [0.2, 0.25) is 0 Å². The first-order valence-electron chi connectivity index (χ1n) is 7.21. The van der Waals surface area contributed by atoms with E-state index in [0.29, 0.717) is 16.2 Å². The summed E-state index contributed by atoms with van der Waals surface area (Å²) < 4.78 is 5.33. The molecule has 1 aliphatic heterocycles. The van der Waals surface area contributed by atoms with Crippen molar-refractivity contribution in [3.8, 4) is 5.75 Å². The van der Waals surface area contributed by atoms with E-state index >= 15 is 0 Å². The number of thioether (sulfide) groups is 1. The number of carbonyl (C=O) groups is 2. The lowest BCUT2D eigenvalue weighted by Crippen LogP contribution is -2.44. The molecular weight excluding hydrogens is 358 g/mol. The van der Waals surface area contributed by atoms with Crippen LogP contribution in [0.1, 0.15) is 15.9 Å². The summed E-state index contributed by atoms with van der Waals surface area (Å²) in [6.07, 6.45) is 4.98. The molecule has 1 aliphatic rings. The third kappa shape index (κ3) is 3.86. The summed E-state index contributed by atoms with van der Waals surface area (Å²) in [5, 5.41) is 1.08. The van der Waals surface area contributed by atoms with E-state index in [2.05, 4.69) is 10.4 Å². The van der Waals surface area contributed by atoms with Crippen molar-refractivity contribution in [1.29, 1.82) is 0 Å². The van der Waals surface area contributed by atoms with Crippen LogP contribution in [0.15, 0.2) is 53.7 Å². The van der Waals surface area contributed by atoms with Crippen LogP contribution in [-0.4, -0.2) is 33.2 Å². The first kappa shape index (κ1) is 17.1. The first-order valence-corrected chi connectivity index (χ1v) is 8.44. The molecule has 0 bridgehead atoms. The van der Waals surface area contributed by atoms with Crippen LogP contribution in [0.2, 0.25) is 0 Å². The normalized spacial score (nSPS) is 15.6. The number of nitrogens with one attached hydrogen (secondary N) is 1. The molecule has 0 saturated carbocycles. The molecular formula is C17H13N3O3S2. The number of carbonyl (C=O) groups excluding carboxylic acids is 2. The molecule has 2 heterocycles. The molecule has 0 spiro atoms. The van der Waals surface area contributed by atoms with E-state index in [1.165, 1.54) is 0 Å². The molecule has 1 aromatic heterocycles. The highest BCUT2D eigenvalue weighted by atomic mass is 32.2. The zero-order chi connectivity index (χ0) is 17.8. The van der Waals surface area contributed by atoms with Crippen LogP contribution >= 0.6 is 24.0 Å². The molecule has 1 saturated heterocycles. The molecule has 1 fully saturated rings. The van der Waals surface area contributed by atoms with Gasteiger partial charge in [-0.3, -0.25) is 20.0 Å². The van der Waals surface area contributed by atoms with Gasteiger partial charge in [-0.2, -0.15) is 5.01 Å². The molecule has 1 N–H and O–H groups in total. The van der Waals surface area contributed by atoms with E-state index < -0.39 is 5.91 Å². The average Bonchev–Trinajstić information content (AvgIpc) is 2.90. The molecule has 0 atom stereocenters. The smallest absolute Gasteiger partial charge is 0.285 e. The number of pyridine rings is 1. The van der Waals surface area contributed by atoms with Crippen LogP contribution in [0.4, 0.5) is 0 Å². The Kier molecular flexibility index (Phi) is 5.11. The molecule has 6 nitrogen and oxygen atoms in total. The maximum atomic E-state index is 12.5. The highest BCUT2D eigenvalue weighted by Crippen LogP contribution is 2.31. The molecule has 0 aliphatic carbocycles. The fraction of sp³-hybridized carbons (Fsp3) is 0.0588. The Morgan fingerprint density at radius 1 is 1.24 bits per heavy atom. The highest BCUT2D eigenvalue weighted by molar-refractivity contribution is 8.26. The Bertz CT molecular complexity index is 851. The lowest BCUT2D eigenvalue weighted by atomic mass is 10.2. The molecule has 25 heavy (non-hydrogen) atoms. The van der Waals surface area contributed by atoms with Crippen LogP contribution in [0.25, 0.3) is 6.08 Å². The van der Waals surface area contributed by atoms with Crippen molar-refractivity contribution < 1.29 is 14.3 Å². The number of methoxy groups -OCH3 is 1. The van der Waals surface area contributed by atoms with E-state index in [0.717, 1.165) is 22.3 Å². The minimum Gasteiger partial charge on any atom is -0.497 e. The largest absolute Gasteiger partial charge is 0.497 e. The predicted molar refractivity (Wildman–Crippen MR) is 99.7 cm³/mol. The molecule has 1 aromatic carbocycles. The van der Waals surface area contributed by atoms with Crippen molar-refractivity contribution in [3.63, 3.8) is 0 Å². The second kappa shape index (κ2) is 7.45. The zero-order valence-corrected chi connectivity index (χ0v) is 14.8. The number of ether oxygens (including phenoxy) is 1. The molecule has 126 valence electrons. The van der Waals surface area contributed by atoms with Crippen molar-refractivity contribution in [1.82, 2.24) is 15.4 Å². The van der Waals surface area contributed by atoms with Crippen molar-refractivity contribution in [2.45, 2.75) is 0 Å². The van der Waals surface area contributed by atoms with E-state index in [1.54, 1.807) is 62.0 Å². The number of thiocarbonyl (C=S) groups is 1. The van der Waals surface area contributed by atoms with E-state index in [9.17, 15) is 9.59 Å². The van der Waals surface area contributed by atoms with E-state index in [-0.39, 0.29) is 10.2 Å². The number of amides is 2. The number of rotatable bonds is 4. The predicted octanol–water partition coefficient (Wildman–Crippen LogP) is 2.64. The van der Waals surface area contributed by atoms with Gasteiger partial charge in [0.15, 0.2) is 4.32 Å². The third-order valence-electron chi connectivity index (χ3n) is 3.36. The topological polar surface area (TPSA) is 71.5 Å². The summed E-state index contributed by atoms with van der Waals surface area (Å²) >= 11 is 6.33. The molecule has 0 unspecified atom stereocenters. The Labute approximate surface area is 153 Å². The van der Waals surface area contributed by atoms with Gasteiger partial charge >= 0.3 is 0 Å². The second-order valence-electron chi connectivity index (χ2n) is 4.97. The second-order valence-corrected chi connectivity index (χ2v) is 6.64. The van der Waals surface area contributed by atoms with E-state index in [1.807, 2.05) is 0 Å². The third-order valence-corrected chi connectivity index (χ3v) is 4.67. The number of hydrogen-bond donors (Lipinski definition) is 1. The fourth-order valence-electron chi connectivity index (χ4n) is 2.08. The lowest BCUT2D eigenvalue weighted by Gasteiger charge is -2.15. The minimum atomic E-state index is -0.427. The standard InChI is InChI=1S/C17H13N3O3S2/c1-23-13-4-2-12(3-5-13)15(21)19-20-16(22)14(25-17(20)24)10-11-6-8-18-9-7-11/h2-10H,1H3,(H,19,21). The Hall–Kier alpha value is -2.71. The SMILES string of the molecule is COc1ccc(C(=O)NN2C(=O)C(=Cc3ccncc3)SC2=S)cc1. The number of nitrogens with zero attached hydrogens (tertiary/aromatic N) is 2. The van der Waals surface area contributed by atoms with Crippen LogP contribution < -0.4 is 10.2 Å². The van der Waals surface area contributed by atoms with E-state index in [4.69, 9.17) is 17.0 Å². The Morgan fingerprint density at radius 3 is 2.56 bits per heavy atom. The van der Waals surface area contributed by atoms with Crippen molar-refractivity contribution in [3.05, 3.63) is 64.8 Å². The number of benzene rings is 1. The van der Waals surface area contributed by atoms with Gasteiger partial charge in [0.05, 0.1) is 12.0 Å². The summed E-state index contributed by atoms with van der Waals surface area (Å²) in [5.74, 6) is -0.153. The molecule has 2 amide bonds. The van der Waals surface area contributed by atoms with Crippen molar-refractivity contribution in [2.75, 3.05) is 7.11 Å². The summed E-state index contributed by atoms with van der Waals surface area (Å²) in [6, 6.07) is 10.1. The molecule has 3 rings (SSSR count). The van der Waals surface area contributed by atoms with Gasteiger partial charge in [-0.1, -0.05) is 11.8 Å². The van der Waals surface area contributed by atoms with Gasteiger partial charge in [-0.25, -0.2) is 0 Å². The molecule has 2 aromatic rings. The van der Waals surface area contributed by atoms with Crippen LogP contribution in [-0.2, 0) is 4.79 Å². The van der Waals surface area contributed by atoms with Gasteiger partial charge < -0.3 is 4.74 Å². The average molecular weight is 371 g/mol. The summed E-state index contributed by atoms with van der Waals surface area (Å²) in [5.41, 5.74) is 3.76. The molecule has 0 radical (unpaired) electrons. The van der Waals surface area contributed by atoms with Gasteiger partial charge in [0.1, 0.15) is 5.75 Å². The lowest BCUT2D eigenvalue weighted by molar-refractivity contribution is -0.123. The van der Waals surface area contributed by atoms with Crippen LogP contribution in [0.5, 0.6) is 5.75 Å². The molecule has 8 heteroatoms.